The summed E-state index contributed by atoms with van der Waals surface area (Å²) >= 11 is 0. The van der Waals surface area contributed by atoms with Gasteiger partial charge in [-0.25, -0.2) is 14.0 Å². The highest BCUT2D eigenvalue weighted by Crippen LogP contribution is 2.40. The van der Waals surface area contributed by atoms with E-state index in [4.69, 9.17) is 4.74 Å². The molecule has 2 rings (SSSR count). The van der Waals surface area contributed by atoms with Crippen LogP contribution in [0.2, 0.25) is 0 Å². The van der Waals surface area contributed by atoms with E-state index in [1.807, 2.05) is 0 Å². The Bertz CT molecular complexity index is 887. The lowest BCUT2D eigenvalue weighted by Crippen LogP contribution is -2.28. The third-order valence-corrected chi connectivity index (χ3v) is 3.72. The van der Waals surface area contributed by atoms with Gasteiger partial charge in [0, 0.05) is 12.3 Å². The Morgan fingerprint density at radius 1 is 1.00 bits per heavy atom. The van der Waals surface area contributed by atoms with Crippen LogP contribution >= 0.6 is 0 Å². The van der Waals surface area contributed by atoms with E-state index < -0.39 is 40.9 Å². The Kier molecular flexibility index (Phi) is 6.12. The summed E-state index contributed by atoms with van der Waals surface area (Å²) in [7, 11) is 3.16. The highest BCUT2D eigenvalue weighted by Gasteiger charge is 2.38. The second-order valence-corrected chi connectivity index (χ2v) is 5.32. The number of rotatable bonds is 4. The van der Waals surface area contributed by atoms with Crippen molar-refractivity contribution < 1.29 is 41.4 Å². The van der Waals surface area contributed by atoms with Crippen LogP contribution in [0.4, 0.5) is 23.2 Å². The highest BCUT2D eigenvalue weighted by molar-refractivity contribution is 6.05. The number of benzene rings is 1. The van der Waals surface area contributed by atoms with Crippen LogP contribution in [-0.2, 0) is 25.2 Å². The topological polar surface area (TPSA) is 65.1 Å². The van der Waals surface area contributed by atoms with Crippen molar-refractivity contribution in [2.24, 2.45) is 0 Å². The summed E-state index contributed by atoms with van der Waals surface area (Å²) < 4.78 is 68.6. The second-order valence-electron chi connectivity index (χ2n) is 5.32. The van der Waals surface area contributed by atoms with Gasteiger partial charge in [0.05, 0.1) is 38.2 Å². The lowest BCUT2D eigenvalue weighted by atomic mass is 10.1. The summed E-state index contributed by atoms with van der Waals surface area (Å²) in [6.45, 7) is 0. The minimum atomic E-state index is -5.03. The maximum Gasteiger partial charge on any atom is 0.419 e. The predicted octanol–water partition coefficient (Wildman–Crippen LogP) is 3.34. The first kappa shape index (κ1) is 21.0. The smallest absolute Gasteiger partial charge is 0.419 e. The van der Waals surface area contributed by atoms with E-state index in [-0.39, 0.29) is 11.3 Å². The first-order chi connectivity index (χ1) is 13.1. The predicted molar refractivity (Wildman–Crippen MR) is 89.8 cm³/mol. The van der Waals surface area contributed by atoms with E-state index in [1.165, 1.54) is 18.2 Å². The number of ether oxygens (including phenoxy) is 3. The first-order valence-corrected chi connectivity index (χ1v) is 7.65. The number of hydrogen-bond donors (Lipinski definition) is 0. The molecule has 0 N–H and O–H groups in total. The quantitative estimate of drug-likeness (QED) is 0.570. The fourth-order valence-electron chi connectivity index (χ4n) is 2.43. The van der Waals surface area contributed by atoms with Crippen molar-refractivity contribution in [2.45, 2.75) is 6.18 Å². The molecule has 0 radical (unpaired) electrons. The van der Waals surface area contributed by atoms with Crippen LogP contribution in [0.5, 0.6) is 5.75 Å². The van der Waals surface area contributed by atoms with Gasteiger partial charge >= 0.3 is 18.1 Å². The summed E-state index contributed by atoms with van der Waals surface area (Å²) in [6.07, 6.45) is -0.0987. The van der Waals surface area contributed by atoms with Crippen LogP contribution < -0.4 is 9.64 Å². The standard InChI is InChI=1S/C18H15F4NO5/c1-26-10-8-12(18(20,21)22)14(19)13(9-10)23-7-5-4-6-11(16(24)27-2)15(23)17(25)28-3/h4-9H,1-3H3. The van der Waals surface area contributed by atoms with Crippen molar-refractivity contribution >= 4 is 17.6 Å². The number of esters is 2. The molecule has 1 aliphatic heterocycles. The molecular weight excluding hydrogens is 386 g/mol. The normalized spacial score (nSPS) is 14.0. The molecule has 0 aliphatic carbocycles. The van der Waals surface area contributed by atoms with Gasteiger partial charge in [-0.3, -0.25) is 0 Å². The number of hydrogen-bond acceptors (Lipinski definition) is 6. The molecule has 0 unspecified atom stereocenters. The fraction of sp³-hybridized carbons (Fsp3) is 0.222. The molecule has 1 heterocycles. The van der Waals surface area contributed by atoms with E-state index in [0.717, 1.165) is 38.5 Å². The Hall–Kier alpha value is -3.30. The molecule has 0 atom stereocenters. The Morgan fingerprint density at radius 2 is 1.64 bits per heavy atom. The number of halogens is 4. The second kappa shape index (κ2) is 8.15. The van der Waals surface area contributed by atoms with Gasteiger partial charge < -0.3 is 19.1 Å². The SMILES string of the molecule is COC(=O)C1=C(C(=O)OC)N(c2cc(OC)cc(C(F)(F)F)c2F)C=CC=C1. The van der Waals surface area contributed by atoms with E-state index in [2.05, 4.69) is 9.47 Å². The van der Waals surface area contributed by atoms with Gasteiger partial charge in [-0.1, -0.05) is 6.08 Å². The molecule has 1 aromatic carbocycles. The van der Waals surface area contributed by atoms with Gasteiger partial charge in [-0.15, -0.1) is 0 Å². The number of alkyl halides is 3. The van der Waals surface area contributed by atoms with Crippen molar-refractivity contribution in [2.75, 3.05) is 26.2 Å². The Balaban J connectivity index is 2.83. The average molecular weight is 401 g/mol. The van der Waals surface area contributed by atoms with E-state index >= 15 is 0 Å². The molecule has 0 amide bonds. The lowest BCUT2D eigenvalue weighted by Gasteiger charge is -2.25. The molecule has 0 bridgehead atoms. The monoisotopic (exact) mass is 401 g/mol. The van der Waals surface area contributed by atoms with Crippen molar-refractivity contribution in [1.82, 2.24) is 0 Å². The van der Waals surface area contributed by atoms with Crippen LogP contribution in [0.15, 0.2) is 47.8 Å². The zero-order chi connectivity index (χ0) is 21.1. The molecule has 6 nitrogen and oxygen atoms in total. The minimum Gasteiger partial charge on any atom is -0.497 e. The Morgan fingerprint density at radius 3 is 2.18 bits per heavy atom. The van der Waals surface area contributed by atoms with Crippen LogP contribution in [0, 0.1) is 5.82 Å². The number of anilines is 1. The van der Waals surface area contributed by atoms with Crippen LogP contribution in [0.3, 0.4) is 0 Å². The number of nitrogens with zero attached hydrogens (tertiary/aromatic N) is 1. The maximum atomic E-state index is 14.8. The van der Waals surface area contributed by atoms with Crippen molar-refractivity contribution in [1.29, 1.82) is 0 Å². The van der Waals surface area contributed by atoms with Crippen LogP contribution in [-0.4, -0.2) is 33.3 Å². The molecule has 0 spiro atoms. The number of allylic oxidation sites excluding steroid dienone is 2. The van der Waals surface area contributed by atoms with E-state index in [0.29, 0.717) is 6.07 Å². The van der Waals surface area contributed by atoms with Crippen molar-refractivity contribution in [3.63, 3.8) is 0 Å². The molecule has 150 valence electrons. The first-order valence-electron chi connectivity index (χ1n) is 7.65. The number of methoxy groups -OCH3 is 3. The molecule has 28 heavy (non-hydrogen) atoms. The van der Waals surface area contributed by atoms with Crippen molar-refractivity contribution in [3.05, 3.63) is 59.2 Å². The fourth-order valence-corrected chi connectivity index (χ4v) is 2.43. The van der Waals surface area contributed by atoms with Gasteiger partial charge in [0.2, 0.25) is 0 Å². The van der Waals surface area contributed by atoms with E-state index in [9.17, 15) is 27.2 Å². The third-order valence-electron chi connectivity index (χ3n) is 3.72. The molecule has 0 saturated heterocycles. The summed E-state index contributed by atoms with van der Waals surface area (Å²) in [5.41, 5.74) is -3.14. The van der Waals surface area contributed by atoms with Gasteiger partial charge in [0.25, 0.3) is 0 Å². The largest absolute Gasteiger partial charge is 0.497 e. The molecule has 0 saturated carbocycles. The number of carbonyl (C=O) groups is 2. The summed E-state index contributed by atoms with van der Waals surface area (Å²) in [4.78, 5) is 25.1. The molecular formula is C18H15F4NO5. The highest BCUT2D eigenvalue weighted by atomic mass is 19.4. The van der Waals surface area contributed by atoms with Gasteiger partial charge in [-0.2, -0.15) is 13.2 Å². The Labute approximate surface area is 157 Å². The molecule has 1 aliphatic rings. The summed E-state index contributed by atoms with van der Waals surface area (Å²) in [5.74, 6) is -4.03. The van der Waals surface area contributed by atoms with E-state index in [1.54, 1.807) is 0 Å². The zero-order valence-electron chi connectivity index (χ0n) is 15.0. The molecule has 0 aromatic heterocycles. The summed E-state index contributed by atoms with van der Waals surface area (Å²) in [5, 5.41) is 0. The molecule has 10 heteroatoms. The zero-order valence-corrected chi connectivity index (χ0v) is 15.0. The lowest BCUT2D eigenvalue weighted by molar-refractivity contribution is -0.140. The summed E-state index contributed by atoms with van der Waals surface area (Å²) in [6, 6.07) is 1.44. The maximum absolute atomic E-state index is 14.8. The van der Waals surface area contributed by atoms with Crippen molar-refractivity contribution in [3.8, 4) is 5.75 Å². The number of carbonyl (C=O) groups excluding carboxylic acids is 2. The van der Waals surface area contributed by atoms with Gasteiger partial charge in [-0.05, 0) is 18.2 Å². The average Bonchev–Trinajstić information content (AvgIpc) is 2.88. The molecule has 1 aromatic rings. The minimum absolute atomic E-state index is 0.307. The van der Waals surface area contributed by atoms with Crippen LogP contribution in [0.1, 0.15) is 5.56 Å². The van der Waals surface area contributed by atoms with Gasteiger partial charge in [0.15, 0.2) is 5.82 Å². The molecule has 0 fully saturated rings. The third kappa shape index (κ3) is 4.00. The van der Waals surface area contributed by atoms with Gasteiger partial charge in [0.1, 0.15) is 11.4 Å². The van der Waals surface area contributed by atoms with Crippen LogP contribution in [0.25, 0.3) is 0 Å².